The van der Waals surface area contributed by atoms with E-state index in [0.29, 0.717) is 11.6 Å². The van der Waals surface area contributed by atoms with Gasteiger partial charge < -0.3 is 14.7 Å². The van der Waals surface area contributed by atoms with Crippen molar-refractivity contribution in [3.63, 3.8) is 0 Å². The molecular weight excluding hydrogens is 250 g/mol. The summed E-state index contributed by atoms with van der Waals surface area (Å²) in [5, 5.41) is 10.2. The highest BCUT2D eigenvalue weighted by molar-refractivity contribution is 6.33. The Labute approximate surface area is 114 Å². The summed E-state index contributed by atoms with van der Waals surface area (Å²) in [4.78, 5) is 2.17. The molecule has 18 heavy (non-hydrogen) atoms. The molecule has 0 radical (unpaired) electrons. The standard InChI is InChI=1S/C14H22ClNO2/c1-4-16(8-9-18-5-2)14-7-6-12(11(3)17)10-13(14)15/h6-7,10-11,17H,4-5,8-9H2,1-3H3. The number of aliphatic hydroxyl groups excluding tert-OH is 1. The largest absolute Gasteiger partial charge is 0.389 e. The van der Waals surface area contributed by atoms with Gasteiger partial charge in [0.15, 0.2) is 0 Å². The lowest BCUT2D eigenvalue weighted by molar-refractivity contribution is 0.154. The van der Waals surface area contributed by atoms with Crippen LogP contribution < -0.4 is 4.90 Å². The molecule has 0 aliphatic heterocycles. The molecular formula is C14H22ClNO2. The van der Waals surface area contributed by atoms with E-state index in [1.165, 1.54) is 0 Å². The van der Waals surface area contributed by atoms with Crippen molar-refractivity contribution < 1.29 is 9.84 Å². The third-order valence-electron chi connectivity index (χ3n) is 2.89. The first-order valence-electron chi connectivity index (χ1n) is 6.40. The topological polar surface area (TPSA) is 32.7 Å². The molecule has 1 aromatic carbocycles. The summed E-state index contributed by atoms with van der Waals surface area (Å²) in [6.07, 6.45) is -0.491. The van der Waals surface area contributed by atoms with E-state index >= 15 is 0 Å². The maximum atomic E-state index is 9.52. The van der Waals surface area contributed by atoms with Gasteiger partial charge in [-0.2, -0.15) is 0 Å². The van der Waals surface area contributed by atoms with Crippen LogP contribution in [-0.4, -0.2) is 31.4 Å². The quantitative estimate of drug-likeness (QED) is 0.773. The van der Waals surface area contributed by atoms with Crippen molar-refractivity contribution in [3.05, 3.63) is 28.8 Å². The lowest BCUT2D eigenvalue weighted by Crippen LogP contribution is -2.27. The van der Waals surface area contributed by atoms with Gasteiger partial charge >= 0.3 is 0 Å². The molecule has 0 bridgehead atoms. The van der Waals surface area contributed by atoms with Crippen molar-refractivity contribution >= 4 is 17.3 Å². The monoisotopic (exact) mass is 271 g/mol. The van der Waals surface area contributed by atoms with Gasteiger partial charge in [0.25, 0.3) is 0 Å². The molecule has 0 aliphatic rings. The first kappa shape index (κ1) is 15.3. The maximum absolute atomic E-state index is 9.52. The Hall–Kier alpha value is -0.770. The molecule has 1 aromatic rings. The molecule has 0 aromatic heterocycles. The summed E-state index contributed by atoms with van der Waals surface area (Å²) in [7, 11) is 0. The van der Waals surface area contributed by atoms with E-state index in [9.17, 15) is 5.11 Å². The number of hydrogen-bond acceptors (Lipinski definition) is 3. The van der Waals surface area contributed by atoms with Gasteiger partial charge in [-0.25, -0.2) is 0 Å². The van der Waals surface area contributed by atoms with Crippen LogP contribution in [0.5, 0.6) is 0 Å². The Balaban J connectivity index is 2.79. The van der Waals surface area contributed by atoms with Crippen molar-refractivity contribution in [2.45, 2.75) is 26.9 Å². The predicted octanol–water partition coefficient (Wildman–Crippen LogP) is 3.26. The number of halogens is 1. The second kappa shape index (κ2) is 7.62. The minimum absolute atomic E-state index is 0.491. The van der Waals surface area contributed by atoms with Gasteiger partial charge in [-0.1, -0.05) is 17.7 Å². The van der Waals surface area contributed by atoms with Crippen LogP contribution in [0.25, 0.3) is 0 Å². The van der Waals surface area contributed by atoms with Crippen LogP contribution in [0.3, 0.4) is 0 Å². The van der Waals surface area contributed by atoms with E-state index in [-0.39, 0.29) is 0 Å². The molecule has 0 aliphatic carbocycles. The molecule has 0 saturated carbocycles. The zero-order valence-corrected chi connectivity index (χ0v) is 12.1. The Bertz CT molecular complexity index is 369. The first-order chi connectivity index (χ1) is 8.60. The number of anilines is 1. The highest BCUT2D eigenvalue weighted by Crippen LogP contribution is 2.28. The average Bonchev–Trinajstić information content (AvgIpc) is 2.35. The first-order valence-corrected chi connectivity index (χ1v) is 6.78. The summed E-state index contributed by atoms with van der Waals surface area (Å²) in [6, 6.07) is 5.69. The van der Waals surface area contributed by atoms with E-state index in [0.717, 1.165) is 30.9 Å². The second-order valence-electron chi connectivity index (χ2n) is 4.16. The molecule has 0 amide bonds. The highest BCUT2D eigenvalue weighted by atomic mass is 35.5. The van der Waals surface area contributed by atoms with Gasteiger partial charge in [0.2, 0.25) is 0 Å². The van der Waals surface area contributed by atoms with E-state index in [1.54, 1.807) is 6.92 Å². The Kier molecular flexibility index (Phi) is 6.47. The summed E-state index contributed by atoms with van der Waals surface area (Å²) in [5.74, 6) is 0. The summed E-state index contributed by atoms with van der Waals surface area (Å²) >= 11 is 6.27. The molecule has 1 rings (SSSR count). The third-order valence-corrected chi connectivity index (χ3v) is 3.19. The van der Waals surface area contributed by atoms with Gasteiger partial charge in [-0.3, -0.25) is 0 Å². The minimum atomic E-state index is -0.491. The molecule has 4 heteroatoms. The van der Waals surface area contributed by atoms with Crippen molar-refractivity contribution in [2.75, 3.05) is 31.2 Å². The molecule has 0 fully saturated rings. The Morgan fingerprint density at radius 1 is 1.39 bits per heavy atom. The normalized spacial score (nSPS) is 12.5. The highest BCUT2D eigenvalue weighted by Gasteiger charge is 2.10. The number of benzene rings is 1. The molecule has 3 nitrogen and oxygen atoms in total. The Morgan fingerprint density at radius 3 is 2.61 bits per heavy atom. The zero-order valence-electron chi connectivity index (χ0n) is 11.3. The lowest BCUT2D eigenvalue weighted by atomic mass is 10.1. The molecule has 0 saturated heterocycles. The van der Waals surface area contributed by atoms with E-state index in [2.05, 4.69) is 11.8 Å². The van der Waals surface area contributed by atoms with Crippen LogP contribution in [0.1, 0.15) is 32.4 Å². The van der Waals surface area contributed by atoms with Crippen LogP contribution in [0.2, 0.25) is 5.02 Å². The fraction of sp³-hybridized carbons (Fsp3) is 0.571. The number of ether oxygens (including phenoxy) is 1. The number of rotatable bonds is 7. The SMILES string of the molecule is CCOCCN(CC)c1ccc(C(C)O)cc1Cl. The summed E-state index contributed by atoms with van der Waals surface area (Å²) in [5.41, 5.74) is 1.83. The fourth-order valence-electron chi connectivity index (χ4n) is 1.81. The van der Waals surface area contributed by atoms with Gasteiger partial charge in [0.1, 0.15) is 0 Å². The zero-order chi connectivity index (χ0) is 13.5. The fourth-order valence-corrected chi connectivity index (χ4v) is 2.12. The smallest absolute Gasteiger partial charge is 0.0762 e. The van der Waals surface area contributed by atoms with Crippen LogP contribution in [0, 0.1) is 0 Å². The number of hydrogen-bond donors (Lipinski definition) is 1. The molecule has 1 N–H and O–H groups in total. The number of likely N-dealkylation sites (N-methyl/N-ethyl adjacent to an activating group) is 1. The second-order valence-corrected chi connectivity index (χ2v) is 4.57. The van der Waals surface area contributed by atoms with Gasteiger partial charge in [0.05, 0.1) is 23.4 Å². The molecule has 1 atom stereocenters. The molecule has 102 valence electrons. The van der Waals surface area contributed by atoms with Crippen molar-refractivity contribution in [2.24, 2.45) is 0 Å². The van der Waals surface area contributed by atoms with Crippen LogP contribution in [0.15, 0.2) is 18.2 Å². The average molecular weight is 272 g/mol. The van der Waals surface area contributed by atoms with E-state index in [1.807, 2.05) is 25.1 Å². The summed E-state index contributed by atoms with van der Waals surface area (Å²) in [6.45, 7) is 8.92. The predicted molar refractivity (Wildman–Crippen MR) is 76.5 cm³/mol. The van der Waals surface area contributed by atoms with Gasteiger partial charge in [0, 0.05) is 19.7 Å². The molecule has 0 heterocycles. The summed E-state index contributed by atoms with van der Waals surface area (Å²) < 4.78 is 5.36. The van der Waals surface area contributed by atoms with Gasteiger partial charge in [-0.15, -0.1) is 0 Å². The number of nitrogens with zero attached hydrogens (tertiary/aromatic N) is 1. The van der Waals surface area contributed by atoms with E-state index in [4.69, 9.17) is 16.3 Å². The lowest BCUT2D eigenvalue weighted by Gasteiger charge is -2.24. The van der Waals surface area contributed by atoms with Crippen LogP contribution in [-0.2, 0) is 4.74 Å². The Morgan fingerprint density at radius 2 is 2.11 bits per heavy atom. The van der Waals surface area contributed by atoms with Gasteiger partial charge in [-0.05, 0) is 38.5 Å². The third kappa shape index (κ3) is 4.16. The molecule has 1 unspecified atom stereocenters. The van der Waals surface area contributed by atoms with Crippen LogP contribution in [0.4, 0.5) is 5.69 Å². The van der Waals surface area contributed by atoms with E-state index < -0.39 is 6.10 Å². The van der Waals surface area contributed by atoms with Crippen LogP contribution >= 0.6 is 11.6 Å². The molecule has 0 spiro atoms. The minimum Gasteiger partial charge on any atom is -0.389 e. The van der Waals surface area contributed by atoms with Crippen molar-refractivity contribution in [3.8, 4) is 0 Å². The van der Waals surface area contributed by atoms with Crippen molar-refractivity contribution in [1.29, 1.82) is 0 Å². The maximum Gasteiger partial charge on any atom is 0.0762 e. The van der Waals surface area contributed by atoms with Crippen molar-refractivity contribution in [1.82, 2.24) is 0 Å². The number of aliphatic hydroxyl groups is 1.